The number of aliphatic carboxylic acids is 1. The molecule has 1 saturated heterocycles. The van der Waals surface area contributed by atoms with Gasteiger partial charge in [0.1, 0.15) is 12.1 Å². The zero-order valence-electron chi connectivity index (χ0n) is 18.2. The van der Waals surface area contributed by atoms with Crippen LogP contribution in [0.4, 0.5) is 0 Å². The van der Waals surface area contributed by atoms with Gasteiger partial charge in [-0.05, 0) is 63.1 Å². The number of hydrogen-bond acceptors (Lipinski definition) is 6. The highest BCUT2D eigenvalue weighted by atomic mass is 16.5. The Hall–Kier alpha value is -1.83. The molecule has 3 N–H and O–H groups in total. The van der Waals surface area contributed by atoms with Crippen LogP contribution in [-0.2, 0) is 21.4 Å². The first-order chi connectivity index (χ1) is 14.9. The number of benzene rings is 1. The predicted octanol–water partition coefficient (Wildman–Crippen LogP) is 1.90. The first-order valence-electron chi connectivity index (χ1n) is 11.7. The SMILES string of the molecule is COC1CC1CN1CC[C@]23c4c5ccc(O)c4O[C@H]2[C@H](N[C@@H](C)C(=O)O)CC[C@H]3[C@H]1C5. The molecule has 3 aliphatic carbocycles. The van der Waals surface area contributed by atoms with Crippen LogP contribution in [0.2, 0.25) is 0 Å². The average Bonchev–Trinajstić information content (AvgIpc) is 3.41. The zero-order chi connectivity index (χ0) is 21.5. The van der Waals surface area contributed by atoms with Crippen molar-refractivity contribution in [1.82, 2.24) is 10.2 Å². The fourth-order valence-electron chi connectivity index (χ4n) is 7.42. The Labute approximate surface area is 182 Å². The molecule has 3 fully saturated rings. The largest absolute Gasteiger partial charge is 0.504 e. The van der Waals surface area contributed by atoms with E-state index in [2.05, 4.69) is 16.3 Å². The molecule has 2 aliphatic heterocycles. The van der Waals surface area contributed by atoms with E-state index in [1.165, 1.54) is 11.1 Å². The minimum Gasteiger partial charge on any atom is -0.504 e. The van der Waals surface area contributed by atoms with Crippen molar-refractivity contribution in [2.75, 3.05) is 20.2 Å². The van der Waals surface area contributed by atoms with Gasteiger partial charge in [-0.15, -0.1) is 0 Å². The van der Waals surface area contributed by atoms with Crippen molar-refractivity contribution < 1.29 is 24.5 Å². The van der Waals surface area contributed by atoms with Gasteiger partial charge in [0, 0.05) is 42.6 Å². The summed E-state index contributed by atoms with van der Waals surface area (Å²) in [4.78, 5) is 14.2. The number of nitrogens with zero attached hydrogens (tertiary/aromatic N) is 1. The minimum absolute atomic E-state index is 0.0337. The van der Waals surface area contributed by atoms with Crippen LogP contribution in [0.1, 0.15) is 43.7 Å². The quantitative estimate of drug-likeness (QED) is 0.637. The van der Waals surface area contributed by atoms with Crippen LogP contribution in [0.3, 0.4) is 0 Å². The number of likely N-dealkylation sites (tertiary alicyclic amines) is 1. The average molecular weight is 429 g/mol. The summed E-state index contributed by atoms with van der Waals surface area (Å²) in [6, 6.07) is 3.67. The second kappa shape index (κ2) is 6.83. The van der Waals surface area contributed by atoms with Gasteiger partial charge in [0.25, 0.3) is 0 Å². The van der Waals surface area contributed by atoms with Crippen molar-refractivity contribution in [3.63, 3.8) is 0 Å². The Morgan fingerprint density at radius 2 is 2.26 bits per heavy atom. The number of phenols is 1. The third-order valence-electron chi connectivity index (χ3n) is 8.90. The van der Waals surface area contributed by atoms with E-state index in [4.69, 9.17) is 9.47 Å². The molecule has 5 aliphatic rings. The van der Waals surface area contributed by atoms with E-state index in [1.807, 2.05) is 7.11 Å². The molecular formula is C24H32N2O5. The lowest BCUT2D eigenvalue weighted by atomic mass is 9.51. The number of aromatic hydroxyl groups is 1. The van der Waals surface area contributed by atoms with Crippen LogP contribution in [-0.4, -0.2) is 71.6 Å². The number of ether oxygens (including phenoxy) is 2. The monoisotopic (exact) mass is 428 g/mol. The summed E-state index contributed by atoms with van der Waals surface area (Å²) in [7, 11) is 1.81. The molecule has 2 heterocycles. The lowest BCUT2D eigenvalue weighted by Gasteiger charge is -2.60. The van der Waals surface area contributed by atoms with Gasteiger partial charge in [0.2, 0.25) is 0 Å². The Morgan fingerprint density at radius 3 is 3.00 bits per heavy atom. The molecule has 168 valence electrons. The highest BCUT2D eigenvalue weighted by Crippen LogP contribution is 2.64. The van der Waals surface area contributed by atoms with Crippen LogP contribution >= 0.6 is 0 Å². The maximum absolute atomic E-state index is 11.5. The van der Waals surface area contributed by atoms with E-state index in [-0.39, 0.29) is 23.3 Å². The Kier molecular flexibility index (Phi) is 4.37. The molecule has 0 aromatic heterocycles. The fraction of sp³-hybridized carbons (Fsp3) is 0.708. The molecule has 0 radical (unpaired) electrons. The summed E-state index contributed by atoms with van der Waals surface area (Å²) < 4.78 is 12.1. The molecule has 31 heavy (non-hydrogen) atoms. The number of nitrogens with one attached hydrogen (secondary N) is 1. The van der Waals surface area contributed by atoms with Crippen LogP contribution in [0, 0.1) is 11.8 Å². The molecule has 1 aromatic carbocycles. The Morgan fingerprint density at radius 1 is 1.42 bits per heavy atom. The first kappa shape index (κ1) is 19.8. The Balaban J connectivity index is 1.37. The summed E-state index contributed by atoms with van der Waals surface area (Å²) in [5.41, 5.74) is 2.38. The van der Waals surface area contributed by atoms with Crippen molar-refractivity contribution in [3.8, 4) is 11.5 Å². The van der Waals surface area contributed by atoms with Gasteiger partial charge in [0.15, 0.2) is 11.5 Å². The third kappa shape index (κ3) is 2.72. The molecule has 2 saturated carbocycles. The van der Waals surface area contributed by atoms with Gasteiger partial charge in [-0.2, -0.15) is 0 Å². The standard InChI is InChI=1S/C24H32N2O5/c1-12(23(28)29)25-16-5-4-15-17-9-13-3-6-18(27)21-20(13)24(15,22(16)31-21)7-8-26(17)11-14-10-19(14)30-2/h3,6,12,14-17,19,22,25,27H,4-5,7-11H2,1-2H3,(H,28,29)/t12-,14?,15-,16+,17+,19?,22-,24-/m0/s1. The van der Waals surface area contributed by atoms with Gasteiger partial charge in [-0.1, -0.05) is 6.07 Å². The molecule has 8 atom stereocenters. The number of piperidine rings is 1. The number of methoxy groups -OCH3 is 1. The van der Waals surface area contributed by atoms with Crippen molar-refractivity contribution in [2.24, 2.45) is 11.8 Å². The topological polar surface area (TPSA) is 91.3 Å². The highest BCUT2D eigenvalue weighted by Gasteiger charge is 2.66. The van der Waals surface area contributed by atoms with Crippen molar-refractivity contribution in [1.29, 1.82) is 0 Å². The van der Waals surface area contributed by atoms with E-state index < -0.39 is 12.0 Å². The van der Waals surface area contributed by atoms with Crippen molar-refractivity contribution >= 4 is 5.97 Å². The molecular weight excluding hydrogens is 396 g/mol. The van der Waals surface area contributed by atoms with Crippen LogP contribution in [0.15, 0.2) is 12.1 Å². The van der Waals surface area contributed by atoms with Crippen LogP contribution < -0.4 is 10.1 Å². The van der Waals surface area contributed by atoms with Gasteiger partial charge >= 0.3 is 5.97 Å². The van der Waals surface area contributed by atoms with E-state index in [1.54, 1.807) is 13.0 Å². The van der Waals surface area contributed by atoms with E-state index in [0.29, 0.717) is 29.7 Å². The zero-order valence-corrected chi connectivity index (χ0v) is 18.2. The third-order valence-corrected chi connectivity index (χ3v) is 8.90. The van der Waals surface area contributed by atoms with E-state index >= 15 is 0 Å². The number of carboxylic acids is 1. The number of hydrogen-bond donors (Lipinski definition) is 3. The Bertz CT molecular complexity index is 921. The summed E-state index contributed by atoms with van der Waals surface area (Å²) in [6.07, 6.45) is 5.38. The number of phenolic OH excluding ortho intramolecular Hbond substituents is 1. The highest BCUT2D eigenvalue weighted by molar-refractivity contribution is 5.73. The van der Waals surface area contributed by atoms with E-state index in [9.17, 15) is 15.0 Å². The smallest absolute Gasteiger partial charge is 0.320 e. The maximum atomic E-state index is 11.5. The summed E-state index contributed by atoms with van der Waals surface area (Å²) >= 11 is 0. The molecule has 6 rings (SSSR count). The van der Waals surface area contributed by atoms with Crippen LogP contribution in [0.25, 0.3) is 0 Å². The first-order valence-corrected chi connectivity index (χ1v) is 11.7. The molecule has 0 amide bonds. The summed E-state index contributed by atoms with van der Waals surface area (Å²) in [6.45, 7) is 3.81. The summed E-state index contributed by atoms with van der Waals surface area (Å²) in [5.74, 6) is 1.14. The molecule has 1 aromatic rings. The predicted molar refractivity (Wildman–Crippen MR) is 114 cm³/mol. The molecule has 7 heteroatoms. The number of carboxylic acid groups (broad SMARTS) is 1. The van der Waals surface area contributed by atoms with Crippen molar-refractivity contribution in [3.05, 3.63) is 23.3 Å². The fourth-order valence-corrected chi connectivity index (χ4v) is 7.42. The van der Waals surface area contributed by atoms with Gasteiger partial charge in [0.05, 0.1) is 6.10 Å². The second-order valence-electron chi connectivity index (χ2n) is 10.3. The van der Waals surface area contributed by atoms with Crippen LogP contribution in [0.5, 0.6) is 11.5 Å². The molecule has 1 spiro atoms. The molecule has 2 bridgehead atoms. The molecule has 2 unspecified atom stereocenters. The lowest BCUT2D eigenvalue weighted by molar-refractivity contribution is -0.140. The van der Waals surface area contributed by atoms with Gasteiger partial charge in [-0.3, -0.25) is 15.0 Å². The maximum Gasteiger partial charge on any atom is 0.320 e. The molecule has 7 nitrogen and oxygen atoms in total. The number of carbonyl (C=O) groups is 1. The number of rotatable bonds is 6. The van der Waals surface area contributed by atoms with Gasteiger partial charge in [-0.25, -0.2) is 0 Å². The second-order valence-corrected chi connectivity index (χ2v) is 10.3. The normalized spacial score (nSPS) is 40.7. The minimum atomic E-state index is -0.841. The lowest BCUT2D eigenvalue weighted by Crippen LogP contribution is -2.69. The van der Waals surface area contributed by atoms with Crippen molar-refractivity contribution in [2.45, 2.75) is 74.8 Å². The van der Waals surface area contributed by atoms with Gasteiger partial charge < -0.3 is 19.7 Å². The van der Waals surface area contributed by atoms with E-state index in [0.717, 1.165) is 45.2 Å². The summed E-state index contributed by atoms with van der Waals surface area (Å²) in [5, 5.41) is 23.4.